The first-order valence-corrected chi connectivity index (χ1v) is 10.5. The Morgan fingerprint density at radius 1 is 0.935 bits per heavy atom. The fourth-order valence-corrected chi connectivity index (χ4v) is 3.31. The highest BCUT2D eigenvalue weighted by atomic mass is 15.3. The first kappa shape index (κ1) is 20.4. The molecule has 0 radical (unpaired) electrons. The molecule has 7 heteroatoms. The zero-order valence-electron chi connectivity index (χ0n) is 17.6. The number of para-hydroxylation sites is 1. The second-order valence-electron chi connectivity index (χ2n) is 7.15. The summed E-state index contributed by atoms with van der Waals surface area (Å²) < 4.78 is 3.80. The molecule has 4 rings (SSSR count). The van der Waals surface area contributed by atoms with Gasteiger partial charge in [0.2, 0.25) is 0 Å². The van der Waals surface area contributed by atoms with Crippen LogP contribution >= 0.6 is 0 Å². The molecule has 0 aliphatic rings. The average molecular weight is 414 g/mol. The van der Waals surface area contributed by atoms with Crippen molar-refractivity contribution in [3.8, 4) is 5.69 Å². The Morgan fingerprint density at radius 2 is 1.74 bits per heavy atom. The van der Waals surface area contributed by atoms with Crippen molar-refractivity contribution in [2.75, 3.05) is 6.54 Å². The first-order chi connectivity index (χ1) is 15.3. The Bertz CT molecular complexity index is 1100. The summed E-state index contributed by atoms with van der Waals surface area (Å²) in [7, 11) is 0. The molecule has 0 spiro atoms. The van der Waals surface area contributed by atoms with E-state index < -0.39 is 0 Å². The number of aromatic nitrogens is 4. The molecular weight excluding hydrogens is 386 g/mol. The van der Waals surface area contributed by atoms with E-state index >= 15 is 0 Å². The summed E-state index contributed by atoms with van der Waals surface area (Å²) in [5, 5.41) is 15.5. The molecule has 0 amide bonds. The van der Waals surface area contributed by atoms with E-state index in [4.69, 9.17) is 4.99 Å². The molecule has 2 aromatic carbocycles. The summed E-state index contributed by atoms with van der Waals surface area (Å²) in [4.78, 5) is 4.73. The van der Waals surface area contributed by atoms with Gasteiger partial charge >= 0.3 is 0 Å². The summed E-state index contributed by atoms with van der Waals surface area (Å²) in [6, 6.07) is 20.4. The van der Waals surface area contributed by atoms with E-state index in [1.165, 1.54) is 11.1 Å². The molecule has 0 saturated carbocycles. The summed E-state index contributed by atoms with van der Waals surface area (Å²) >= 11 is 0. The molecule has 7 nitrogen and oxygen atoms in total. The maximum atomic E-state index is 4.73. The van der Waals surface area contributed by atoms with Crippen molar-refractivity contribution < 1.29 is 0 Å². The lowest BCUT2D eigenvalue weighted by Gasteiger charge is -2.14. The van der Waals surface area contributed by atoms with E-state index in [-0.39, 0.29) is 0 Å². The number of hydrogen-bond donors (Lipinski definition) is 2. The van der Waals surface area contributed by atoms with Gasteiger partial charge in [0.1, 0.15) is 0 Å². The van der Waals surface area contributed by atoms with Crippen LogP contribution in [0.15, 0.2) is 90.4 Å². The van der Waals surface area contributed by atoms with Gasteiger partial charge in [-0.3, -0.25) is 4.68 Å². The van der Waals surface area contributed by atoms with Crippen molar-refractivity contribution >= 4 is 5.96 Å². The lowest BCUT2D eigenvalue weighted by atomic mass is 10.1. The molecule has 2 heterocycles. The molecule has 2 aromatic heterocycles. The Labute approximate surface area is 182 Å². The van der Waals surface area contributed by atoms with Gasteiger partial charge < -0.3 is 10.6 Å². The summed E-state index contributed by atoms with van der Waals surface area (Å²) in [5.41, 5.74) is 4.55. The first-order valence-electron chi connectivity index (χ1n) is 10.5. The van der Waals surface area contributed by atoms with Gasteiger partial charge in [0.25, 0.3) is 0 Å². The second kappa shape index (κ2) is 10.2. The van der Waals surface area contributed by atoms with E-state index in [0.29, 0.717) is 13.1 Å². The van der Waals surface area contributed by atoms with Gasteiger partial charge in [0.15, 0.2) is 5.96 Å². The summed E-state index contributed by atoms with van der Waals surface area (Å²) in [5.74, 6) is 0.781. The van der Waals surface area contributed by atoms with Crippen LogP contribution in [0.1, 0.15) is 23.6 Å². The zero-order chi connectivity index (χ0) is 21.3. The lowest BCUT2D eigenvalue weighted by Crippen LogP contribution is -2.37. The van der Waals surface area contributed by atoms with E-state index in [2.05, 4.69) is 52.0 Å². The molecule has 0 bridgehead atoms. The minimum absolute atomic E-state index is 0.553. The molecule has 31 heavy (non-hydrogen) atoms. The third-order valence-corrected chi connectivity index (χ3v) is 4.88. The van der Waals surface area contributed by atoms with E-state index in [1.54, 1.807) is 6.20 Å². The zero-order valence-corrected chi connectivity index (χ0v) is 17.6. The number of aliphatic imine (C=N–C) groups is 1. The number of nitrogens with one attached hydrogen (secondary N) is 2. The normalized spacial score (nSPS) is 11.5. The Hall–Kier alpha value is -3.87. The molecule has 0 aliphatic carbocycles. The van der Waals surface area contributed by atoms with Crippen LogP contribution in [0.2, 0.25) is 0 Å². The van der Waals surface area contributed by atoms with Crippen molar-refractivity contribution in [2.45, 2.75) is 26.6 Å². The van der Waals surface area contributed by atoms with E-state index in [0.717, 1.165) is 30.3 Å². The van der Waals surface area contributed by atoms with Crippen molar-refractivity contribution in [3.05, 3.63) is 102 Å². The molecule has 4 aromatic rings. The van der Waals surface area contributed by atoms with Crippen LogP contribution in [0, 0.1) is 0 Å². The third-order valence-electron chi connectivity index (χ3n) is 4.88. The maximum Gasteiger partial charge on any atom is 0.191 e. The number of guanidine groups is 1. The fourth-order valence-electron chi connectivity index (χ4n) is 3.31. The summed E-state index contributed by atoms with van der Waals surface area (Å²) in [6.07, 6.45) is 7.66. The Morgan fingerprint density at radius 3 is 2.52 bits per heavy atom. The molecule has 158 valence electrons. The molecule has 0 saturated heterocycles. The predicted octanol–water partition coefficient (Wildman–Crippen LogP) is 3.37. The Balaban J connectivity index is 1.41. The van der Waals surface area contributed by atoms with Crippen LogP contribution in [0.4, 0.5) is 0 Å². The standard InChI is InChI=1S/C24H27N7/c1-2-25-24(26-15-20-16-29-31(18-20)23-11-4-3-5-12-23)27-17-21-9-6-7-10-22(21)19-30-14-8-13-28-30/h3-14,16,18H,2,15,17,19H2,1H3,(H2,25,26,27). The second-order valence-corrected chi connectivity index (χ2v) is 7.15. The van der Waals surface area contributed by atoms with Crippen LogP contribution < -0.4 is 10.6 Å². The smallest absolute Gasteiger partial charge is 0.191 e. The van der Waals surface area contributed by atoms with Gasteiger partial charge in [-0.2, -0.15) is 10.2 Å². The Kier molecular flexibility index (Phi) is 6.74. The highest BCUT2D eigenvalue weighted by molar-refractivity contribution is 5.79. The van der Waals surface area contributed by atoms with E-state index in [1.807, 2.05) is 64.4 Å². The largest absolute Gasteiger partial charge is 0.357 e. The van der Waals surface area contributed by atoms with Crippen molar-refractivity contribution in [3.63, 3.8) is 0 Å². The number of nitrogens with zero attached hydrogens (tertiary/aromatic N) is 5. The highest BCUT2D eigenvalue weighted by Crippen LogP contribution is 2.11. The predicted molar refractivity (Wildman–Crippen MR) is 123 cm³/mol. The fraction of sp³-hybridized carbons (Fsp3) is 0.208. The molecule has 0 unspecified atom stereocenters. The lowest BCUT2D eigenvalue weighted by molar-refractivity contribution is 0.677. The van der Waals surface area contributed by atoms with Crippen molar-refractivity contribution in [1.29, 1.82) is 0 Å². The highest BCUT2D eigenvalue weighted by Gasteiger charge is 2.06. The topological polar surface area (TPSA) is 72.1 Å². The monoisotopic (exact) mass is 413 g/mol. The van der Waals surface area contributed by atoms with Gasteiger partial charge in [-0.05, 0) is 36.2 Å². The maximum absolute atomic E-state index is 4.73. The van der Waals surface area contributed by atoms with E-state index in [9.17, 15) is 0 Å². The molecule has 2 N–H and O–H groups in total. The number of hydrogen-bond acceptors (Lipinski definition) is 3. The van der Waals surface area contributed by atoms with Crippen LogP contribution in [0.5, 0.6) is 0 Å². The van der Waals surface area contributed by atoms with Gasteiger partial charge in [0, 0.05) is 37.2 Å². The van der Waals surface area contributed by atoms with Crippen molar-refractivity contribution in [1.82, 2.24) is 30.2 Å². The average Bonchev–Trinajstić information content (AvgIpc) is 3.49. The number of benzene rings is 2. The molecular formula is C24H27N7. The SMILES string of the molecule is CCNC(=NCc1cnn(-c2ccccc2)c1)NCc1ccccc1Cn1cccn1. The van der Waals surface area contributed by atoms with Crippen LogP contribution in [0.25, 0.3) is 5.69 Å². The van der Waals surface area contributed by atoms with Gasteiger partial charge in [-0.25, -0.2) is 9.67 Å². The van der Waals surface area contributed by atoms with Crippen LogP contribution in [0.3, 0.4) is 0 Å². The third kappa shape index (κ3) is 5.60. The number of rotatable bonds is 8. The molecule has 0 aliphatic heterocycles. The van der Waals surface area contributed by atoms with Gasteiger partial charge in [0.05, 0.1) is 25.0 Å². The van der Waals surface area contributed by atoms with Gasteiger partial charge in [-0.1, -0.05) is 42.5 Å². The van der Waals surface area contributed by atoms with Crippen LogP contribution in [-0.2, 0) is 19.6 Å². The quantitative estimate of drug-likeness (QED) is 0.343. The minimum atomic E-state index is 0.553. The summed E-state index contributed by atoms with van der Waals surface area (Å²) in [6.45, 7) is 4.85. The molecule has 0 fully saturated rings. The minimum Gasteiger partial charge on any atom is -0.357 e. The molecule has 0 atom stereocenters. The van der Waals surface area contributed by atoms with Crippen molar-refractivity contribution in [2.24, 2.45) is 4.99 Å². The van der Waals surface area contributed by atoms with Crippen LogP contribution in [-0.4, -0.2) is 32.1 Å². The van der Waals surface area contributed by atoms with Gasteiger partial charge in [-0.15, -0.1) is 0 Å².